The Morgan fingerprint density at radius 1 is 0.724 bits per heavy atom. The summed E-state index contributed by atoms with van der Waals surface area (Å²) in [6.07, 6.45) is 1.64. The summed E-state index contributed by atoms with van der Waals surface area (Å²) in [7, 11) is 0. The van der Waals surface area contributed by atoms with E-state index in [0.29, 0.717) is 17.3 Å². The molecule has 2 heterocycles. The van der Waals surface area contributed by atoms with Crippen LogP contribution >= 0.6 is 23.5 Å². The number of rotatable bonds is 8. The Hall–Kier alpha value is -1.72. The SMILES string of the molecule is c1ccc(C(OC[C@@H]2O[C@@H]2CC2SCS2)(c2ccccc2)c2ccccc2)cc1. The zero-order valence-corrected chi connectivity index (χ0v) is 17.8. The van der Waals surface area contributed by atoms with Gasteiger partial charge in [0.2, 0.25) is 0 Å². The lowest BCUT2D eigenvalue weighted by molar-refractivity contribution is 0.00427. The molecule has 0 bridgehead atoms. The quantitative estimate of drug-likeness (QED) is 0.333. The molecule has 2 atom stereocenters. The minimum atomic E-state index is -0.653. The highest BCUT2D eigenvalue weighted by molar-refractivity contribution is 8.32. The van der Waals surface area contributed by atoms with Crippen LogP contribution in [-0.4, -0.2) is 28.5 Å². The first kappa shape index (κ1) is 19.3. The Morgan fingerprint density at radius 2 is 1.21 bits per heavy atom. The molecule has 3 aromatic carbocycles. The topological polar surface area (TPSA) is 21.8 Å². The van der Waals surface area contributed by atoms with Crippen molar-refractivity contribution in [3.8, 4) is 0 Å². The van der Waals surface area contributed by atoms with Crippen LogP contribution in [0.4, 0.5) is 0 Å². The molecule has 0 spiro atoms. The van der Waals surface area contributed by atoms with Crippen LogP contribution in [0.3, 0.4) is 0 Å². The standard InChI is InChI=1S/C25H24O2S2/c1-4-10-19(11-5-1)25(20-12-6-2-7-13-20,21-14-8-3-9-15-21)26-17-23-22(27-23)16-24-28-18-29-24/h1-15,22-24H,16-18H2/t22-,23+/m1/s1. The number of benzene rings is 3. The van der Waals surface area contributed by atoms with Crippen LogP contribution in [0.1, 0.15) is 23.1 Å². The maximum atomic E-state index is 6.84. The molecular formula is C25H24O2S2. The van der Waals surface area contributed by atoms with Crippen LogP contribution in [-0.2, 0) is 15.1 Å². The molecule has 0 unspecified atom stereocenters. The van der Waals surface area contributed by atoms with Gasteiger partial charge in [0.15, 0.2) is 0 Å². The van der Waals surface area contributed by atoms with Crippen molar-refractivity contribution in [2.75, 3.05) is 11.7 Å². The molecule has 3 aromatic rings. The number of hydrogen-bond donors (Lipinski definition) is 0. The molecule has 0 aliphatic carbocycles. The van der Waals surface area contributed by atoms with Crippen molar-refractivity contribution in [3.63, 3.8) is 0 Å². The van der Waals surface area contributed by atoms with Crippen LogP contribution in [0.2, 0.25) is 0 Å². The van der Waals surface area contributed by atoms with Gasteiger partial charge in [-0.25, -0.2) is 0 Å². The summed E-state index contributed by atoms with van der Waals surface area (Å²) in [6, 6.07) is 31.6. The molecule has 2 fully saturated rings. The maximum Gasteiger partial charge on any atom is 0.143 e. The van der Waals surface area contributed by atoms with Gasteiger partial charge in [-0.2, -0.15) is 0 Å². The van der Waals surface area contributed by atoms with Gasteiger partial charge < -0.3 is 9.47 Å². The number of epoxide rings is 1. The first-order chi connectivity index (χ1) is 14.4. The molecule has 0 N–H and O–H groups in total. The third-order valence-electron chi connectivity index (χ3n) is 5.63. The fraction of sp³-hybridized carbons (Fsp3) is 0.280. The van der Waals surface area contributed by atoms with E-state index < -0.39 is 5.60 Å². The minimum absolute atomic E-state index is 0.187. The Kier molecular flexibility index (Phi) is 5.69. The predicted molar refractivity (Wildman–Crippen MR) is 122 cm³/mol. The lowest BCUT2D eigenvalue weighted by Crippen LogP contribution is -2.34. The van der Waals surface area contributed by atoms with Crippen LogP contribution in [0.15, 0.2) is 91.0 Å². The maximum absolute atomic E-state index is 6.84. The largest absolute Gasteiger partial charge is 0.367 e. The highest BCUT2D eigenvalue weighted by Crippen LogP contribution is 2.46. The van der Waals surface area contributed by atoms with Gasteiger partial charge in [0, 0.05) is 5.08 Å². The van der Waals surface area contributed by atoms with Crippen molar-refractivity contribution in [3.05, 3.63) is 108 Å². The second-order valence-electron chi connectivity index (χ2n) is 7.42. The number of ether oxygens (including phenoxy) is 2. The molecule has 0 radical (unpaired) electrons. The van der Waals surface area contributed by atoms with E-state index in [2.05, 4.69) is 91.0 Å². The molecule has 29 heavy (non-hydrogen) atoms. The summed E-state index contributed by atoms with van der Waals surface area (Å²) in [5, 5.41) is 1.22. The van der Waals surface area contributed by atoms with Crippen LogP contribution in [0.5, 0.6) is 0 Å². The summed E-state index contributed by atoms with van der Waals surface area (Å²) in [5.41, 5.74) is 2.76. The Labute approximate surface area is 181 Å². The first-order valence-corrected chi connectivity index (χ1v) is 12.2. The van der Waals surface area contributed by atoms with Gasteiger partial charge in [0.1, 0.15) is 11.7 Å². The lowest BCUT2D eigenvalue weighted by Gasteiger charge is -2.36. The first-order valence-electron chi connectivity index (χ1n) is 10.1. The summed E-state index contributed by atoms with van der Waals surface area (Å²) in [6.45, 7) is 0.589. The van der Waals surface area contributed by atoms with Gasteiger partial charge in [0.05, 0.1) is 17.3 Å². The molecule has 0 amide bonds. The molecule has 5 rings (SSSR count). The van der Waals surface area contributed by atoms with Crippen molar-refractivity contribution in [2.24, 2.45) is 0 Å². The van der Waals surface area contributed by atoms with Crippen molar-refractivity contribution in [1.82, 2.24) is 0 Å². The van der Waals surface area contributed by atoms with Crippen LogP contribution in [0, 0.1) is 0 Å². The third kappa shape index (κ3) is 3.99. The predicted octanol–water partition coefficient (Wildman–Crippen LogP) is 5.92. The highest BCUT2D eigenvalue weighted by Gasteiger charge is 2.45. The molecule has 2 aliphatic rings. The Morgan fingerprint density at radius 3 is 1.62 bits per heavy atom. The number of thioether (sulfide) groups is 2. The van der Waals surface area contributed by atoms with Crippen molar-refractivity contribution in [2.45, 2.75) is 28.8 Å². The van der Waals surface area contributed by atoms with E-state index in [1.165, 1.54) is 5.08 Å². The second kappa shape index (κ2) is 8.57. The minimum Gasteiger partial charge on any atom is -0.367 e. The van der Waals surface area contributed by atoms with E-state index in [0.717, 1.165) is 23.1 Å². The molecule has 0 aromatic heterocycles. The van der Waals surface area contributed by atoms with Gasteiger partial charge in [-0.3, -0.25) is 0 Å². The smallest absolute Gasteiger partial charge is 0.143 e. The molecule has 2 saturated heterocycles. The van der Waals surface area contributed by atoms with Gasteiger partial charge in [0.25, 0.3) is 0 Å². The van der Waals surface area contributed by atoms with Crippen molar-refractivity contribution >= 4 is 23.5 Å². The van der Waals surface area contributed by atoms with E-state index in [1.54, 1.807) is 0 Å². The molecule has 2 aliphatic heterocycles. The lowest BCUT2D eigenvalue weighted by atomic mass is 9.80. The number of hydrogen-bond acceptors (Lipinski definition) is 4. The van der Waals surface area contributed by atoms with Gasteiger partial charge in [-0.1, -0.05) is 91.0 Å². The summed E-state index contributed by atoms with van der Waals surface area (Å²) >= 11 is 4.06. The third-order valence-corrected chi connectivity index (χ3v) is 8.66. The van der Waals surface area contributed by atoms with Crippen molar-refractivity contribution in [1.29, 1.82) is 0 Å². The zero-order valence-electron chi connectivity index (χ0n) is 16.1. The van der Waals surface area contributed by atoms with E-state index in [9.17, 15) is 0 Å². The summed E-state index contributed by atoms with van der Waals surface area (Å²) in [4.78, 5) is 0. The molecular weight excluding hydrogens is 396 g/mol. The van der Waals surface area contributed by atoms with Gasteiger partial charge in [-0.15, -0.1) is 23.5 Å². The molecule has 148 valence electrons. The average Bonchev–Trinajstić information content (AvgIpc) is 3.52. The molecule has 4 heteroatoms. The average molecular weight is 421 g/mol. The normalized spacial score (nSPS) is 21.5. The Balaban J connectivity index is 1.48. The van der Waals surface area contributed by atoms with E-state index in [-0.39, 0.29) is 6.10 Å². The van der Waals surface area contributed by atoms with Crippen LogP contribution in [0.25, 0.3) is 0 Å². The Bertz CT molecular complexity index is 817. The summed E-state index contributed by atoms with van der Waals surface area (Å²) < 4.78 is 13.5. The van der Waals surface area contributed by atoms with Crippen LogP contribution < -0.4 is 0 Å². The molecule has 0 saturated carbocycles. The summed E-state index contributed by atoms with van der Waals surface area (Å²) in [5.74, 6) is 0. The van der Waals surface area contributed by atoms with E-state index in [1.807, 2.05) is 23.5 Å². The fourth-order valence-corrected chi connectivity index (χ4v) is 5.96. The van der Waals surface area contributed by atoms with Gasteiger partial charge >= 0.3 is 0 Å². The van der Waals surface area contributed by atoms with E-state index in [4.69, 9.17) is 9.47 Å². The zero-order chi connectivity index (χ0) is 19.5. The van der Waals surface area contributed by atoms with Gasteiger partial charge in [-0.05, 0) is 23.1 Å². The molecule has 2 nitrogen and oxygen atoms in total. The van der Waals surface area contributed by atoms with Crippen molar-refractivity contribution < 1.29 is 9.47 Å². The monoisotopic (exact) mass is 420 g/mol. The highest BCUT2D eigenvalue weighted by atomic mass is 32.3. The van der Waals surface area contributed by atoms with E-state index >= 15 is 0 Å². The fourth-order valence-electron chi connectivity index (χ4n) is 4.00. The second-order valence-corrected chi connectivity index (χ2v) is 10.5.